The van der Waals surface area contributed by atoms with E-state index in [1.165, 1.54) is 22.7 Å². The summed E-state index contributed by atoms with van der Waals surface area (Å²) in [5.41, 5.74) is 1.01. The molecule has 7 heteroatoms. The molecule has 0 spiro atoms. The van der Waals surface area contributed by atoms with Crippen molar-refractivity contribution < 1.29 is 18.7 Å². The molecule has 0 aliphatic carbocycles. The summed E-state index contributed by atoms with van der Waals surface area (Å²) in [4.78, 5) is 19.2. The van der Waals surface area contributed by atoms with E-state index in [1.54, 1.807) is 31.4 Å². The van der Waals surface area contributed by atoms with Crippen LogP contribution in [0, 0.1) is 5.82 Å². The maximum atomic E-state index is 14.0. The molecule has 0 bridgehead atoms. The van der Waals surface area contributed by atoms with Crippen LogP contribution < -0.4 is 9.47 Å². The number of ether oxygens (including phenoxy) is 2. The molecule has 1 aliphatic heterocycles. The van der Waals surface area contributed by atoms with E-state index in [0.717, 1.165) is 5.56 Å². The second-order valence-corrected chi connectivity index (χ2v) is 7.59. The Morgan fingerprint density at radius 3 is 2.62 bits per heavy atom. The van der Waals surface area contributed by atoms with Crippen molar-refractivity contribution >= 4 is 34.6 Å². The molecule has 1 aliphatic rings. The third-order valence-corrected chi connectivity index (χ3v) is 5.13. The molecule has 1 heterocycles. The lowest BCUT2D eigenvalue weighted by atomic mass is 10.2. The first-order valence-corrected chi connectivity index (χ1v) is 10.1. The van der Waals surface area contributed by atoms with Gasteiger partial charge in [-0.3, -0.25) is 9.69 Å². The normalized spacial score (nSPS) is 16.9. The Morgan fingerprint density at radius 2 is 1.97 bits per heavy atom. The zero-order valence-corrected chi connectivity index (χ0v) is 17.6. The van der Waals surface area contributed by atoms with Gasteiger partial charge in [-0.05, 0) is 68.4 Å². The van der Waals surface area contributed by atoms with E-state index >= 15 is 0 Å². The Kier molecular flexibility index (Phi) is 6.59. The van der Waals surface area contributed by atoms with Crippen LogP contribution in [0.2, 0.25) is 0 Å². The molecule has 1 amide bonds. The molecule has 2 aromatic rings. The number of hydrogen-bond acceptors (Lipinski definition) is 5. The number of thioether (sulfide) groups is 1. The molecule has 29 heavy (non-hydrogen) atoms. The van der Waals surface area contributed by atoms with Gasteiger partial charge in [0.1, 0.15) is 11.5 Å². The summed E-state index contributed by atoms with van der Waals surface area (Å²) in [6.07, 6.45) is 1.80. The lowest BCUT2D eigenvalue weighted by molar-refractivity contribution is -0.122. The van der Waals surface area contributed by atoms with Crippen molar-refractivity contribution in [1.82, 2.24) is 4.90 Å². The fourth-order valence-electron chi connectivity index (χ4n) is 2.79. The number of hydrogen-bond donors (Lipinski definition) is 0. The van der Waals surface area contributed by atoms with Gasteiger partial charge in [-0.2, -0.15) is 0 Å². The van der Waals surface area contributed by atoms with Gasteiger partial charge in [0, 0.05) is 6.54 Å². The Balaban J connectivity index is 1.92. The van der Waals surface area contributed by atoms with Gasteiger partial charge in [0.25, 0.3) is 5.91 Å². The highest BCUT2D eigenvalue weighted by atomic mass is 32.2. The van der Waals surface area contributed by atoms with Crippen molar-refractivity contribution in [3.63, 3.8) is 0 Å². The molecule has 0 N–H and O–H groups in total. The van der Waals surface area contributed by atoms with Crippen molar-refractivity contribution in [2.24, 2.45) is 4.99 Å². The first kappa shape index (κ1) is 20.9. The summed E-state index contributed by atoms with van der Waals surface area (Å²) in [7, 11) is 1.58. The van der Waals surface area contributed by atoms with Crippen molar-refractivity contribution in [3.8, 4) is 11.5 Å². The number of benzene rings is 2. The van der Waals surface area contributed by atoms with Crippen LogP contribution in [-0.2, 0) is 4.79 Å². The van der Waals surface area contributed by atoms with Crippen LogP contribution in [0.1, 0.15) is 26.3 Å². The van der Waals surface area contributed by atoms with Gasteiger partial charge >= 0.3 is 0 Å². The van der Waals surface area contributed by atoms with Gasteiger partial charge in [-0.15, -0.1) is 0 Å². The molecule has 3 rings (SSSR count). The number of nitrogens with zero attached hydrogens (tertiary/aromatic N) is 2. The number of para-hydroxylation sites is 1. The molecule has 0 unspecified atom stereocenters. The van der Waals surface area contributed by atoms with Crippen LogP contribution in [0.5, 0.6) is 11.5 Å². The summed E-state index contributed by atoms with van der Waals surface area (Å²) in [5.74, 6) is 0.657. The highest BCUT2D eigenvalue weighted by Crippen LogP contribution is 2.36. The number of methoxy groups -OCH3 is 1. The number of carbonyl (C=O) groups is 1. The van der Waals surface area contributed by atoms with Crippen molar-refractivity contribution in [2.75, 3.05) is 13.7 Å². The number of halogens is 1. The van der Waals surface area contributed by atoms with Crippen LogP contribution in [-0.4, -0.2) is 35.7 Å². The summed E-state index contributed by atoms with van der Waals surface area (Å²) >= 11 is 1.23. The Bertz CT molecular complexity index is 972. The van der Waals surface area contributed by atoms with Crippen LogP contribution in [0.4, 0.5) is 10.1 Å². The second kappa shape index (κ2) is 9.13. The van der Waals surface area contributed by atoms with E-state index in [2.05, 4.69) is 4.99 Å². The lowest BCUT2D eigenvalue weighted by Gasteiger charge is -2.14. The SMILES string of the molecule is CCN1C(=O)/C(=C\c2ccc(OC(C)C)c(OC)c2)SC1=Nc1ccccc1F. The Labute approximate surface area is 174 Å². The lowest BCUT2D eigenvalue weighted by Crippen LogP contribution is -2.28. The van der Waals surface area contributed by atoms with Crippen molar-refractivity contribution in [3.05, 3.63) is 58.8 Å². The molecule has 1 saturated heterocycles. The van der Waals surface area contributed by atoms with Gasteiger partial charge in [0.05, 0.1) is 18.1 Å². The first-order valence-electron chi connectivity index (χ1n) is 9.32. The van der Waals surface area contributed by atoms with Gasteiger partial charge < -0.3 is 9.47 Å². The fourth-order valence-corrected chi connectivity index (χ4v) is 3.85. The van der Waals surface area contributed by atoms with E-state index in [0.29, 0.717) is 28.1 Å². The third-order valence-electron chi connectivity index (χ3n) is 4.12. The number of carbonyl (C=O) groups excluding carboxylic acids is 1. The summed E-state index contributed by atoms with van der Waals surface area (Å²) in [6.45, 7) is 6.19. The van der Waals surface area contributed by atoms with E-state index in [-0.39, 0.29) is 17.7 Å². The van der Waals surface area contributed by atoms with Gasteiger partial charge in [-0.1, -0.05) is 18.2 Å². The standard InChI is InChI=1S/C22H23FN2O3S/c1-5-25-21(26)20(29-22(25)24-17-9-7-6-8-16(17)23)13-15-10-11-18(28-14(2)3)19(12-15)27-4/h6-14H,5H2,1-4H3/b20-13+,24-22?. The average Bonchev–Trinajstić information content (AvgIpc) is 2.98. The van der Waals surface area contributed by atoms with Gasteiger partial charge in [0.2, 0.25) is 0 Å². The molecule has 1 fully saturated rings. The summed E-state index contributed by atoms with van der Waals surface area (Å²) < 4.78 is 25.1. The van der Waals surface area contributed by atoms with Crippen molar-refractivity contribution in [1.29, 1.82) is 0 Å². The zero-order valence-electron chi connectivity index (χ0n) is 16.8. The summed E-state index contributed by atoms with van der Waals surface area (Å²) in [6, 6.07) is 11.8. The number of likely N-dealkylation sites (N-methyl/N-ethyl adjacent to an activating group) is 1. The van der Waals surface area contributed by atoms with Gasteiger partial charge in [0.15, 0.2) is 16.7 Å². The van der Waals surface area contributed by atoms with Crippen LogP contribution in [0.3, 0.4) is 0 Å². The Morgan fingerprint density at radius 1 is 1.21 bits per heavy atom. The maximum absolute atomic E-state index is 14.0. The minimum atomic E-state index is -0.424. The molecule has 0 radical (unpaired) electrons. The molecule has 152 valence electrons. The minimum Gasteiger partial charge on any atom is -0.493 e. The smallest absolute Gasteiger partial charge is 0.266 e. The van der Waals surface area contributed by atoms with Crippen molar-refractivity contribution in [2.45, 2.75) is 26.9 Å². The topological polar surface area (TPSA) is 51.1 Å². The number of amidine groups is 1. The third kappa shape index (κ3) is 4.79. The second-order valence-electron chi connectivity index (χ2n) is 6.58. The maximum Gasteiger partial charge on any atom is 0.266 e. The summed E-state index contributed by atoms with van der Waals surface area (Å²) in [5, 5.41) is 0.459. The first-order chi connectivity index (χ1) is 13.9. The highest BCUT2D eigenvalue weighted by molar-refractivity contribution is 8.18. The quantitative estimate of drug-likeness (QED) is 0.606. The van der Waals surface area contributed by atoms with E-state index < -0.39 is 5.82 Å². The number of amides is 1. The van der Waals surface area contributed by atoms with E-state index in [1.807, 2.05) is 39.0 Å². The largest absolute Gasteiger partial charge is 0.493 e. The highest BCUT2D eigenvalue weighted by Gasteiger charge is 2.32. The molecule has 0 aromatic heterocycles. The molecule has 0 saturated carbocycles. The average molecular weight is 415 g/mol. The van der Waals surface area contributed by atoms with Crippen LogP contribution in [0.15, 0.2) is 52.4 Å². The molecular weight excluding hydrogens is 391 g/mol. The number of aliphatic imine (C=N–C) groups is 1. The number of rotatable bonds is 6. The van der Waals surface area contributed by atoms with Crippen LogP contribution >= 0.6 is 11.8 Å². The molecule has 0 atom stereocenters. The fraction of sp³-hybridized carbons (Fsp3) is 0.273. The van der Waals surface area contributed by atoms with Crippen LogP contribution in [0.25, 0.3) is 6.08 Å². The predicted octanol–water partition coefficient (Wildman–Crippen LogP) is 5.25. The minimum absolute atomic E-state index is 0.0235. The van der Waals surface area contributed by atoms with E-state index in [4.69, 9.17) is 9.47 Å². The van der Waals surface area contributed by atoms with Gasteiger partial charge in [-0.25, -0.2) is 9.38 Å². The monoisotopic (exact) mass is 414 g/mol. The Hall–Kier alpha value is -2.80. The molecule has 2 aromatic carbocycles. The zero-order chi connectivity index (χ0) is 21.0. The molecular formula is C22H23FN2O3S. The van der Waals surface area contributed by atoms with E-state index in [9.17, 15) is 9.18 Å². The predicted molar refractivity (Wildman–Crippen MR) is 115 cm³/mol. The molecule has 5 nitrogen and oxygen atoms in total.